The van der Waals surface area contributed by atoms with Crippen LogP contribution in [0.4, 0.5) is 9.52 Å². The Morgan fingerprint density at radius 1 is 1.19 bits per heavy atom. The molecule has 3 aromatic heterocycles. The Kier molecular flexibility index (Phi) is 4.09. The number of carbonyl (C=O) groups is 1. The number of rotatable bonds is 3. The number of carbonyl (C=O) groups excluding carboxylic acids is 1. The second-order valence-corrected chi connectivity index (χ2v) is 6.39. The Hall–Kier alpha value is -3.66. The molecule has 0 fully saturated rings. The smallest absolute Gasteiger partial charge is 0.298 e. The number of amides is 1. The van der Waals surface area contributed by atoms with Gasteiger partial charge in [0.25, 0.3) is 11.5 Å². The molecule has 0 saturated carbocycles. The lowest BCUT2D eigenvalue weighted by molar-refractivity contribution is 0.102. The van der Waals surface area contributed by atoms with Gasteiger partial charge in [-0.25, -0.2) is 19.2 Å². The Morgan fingerprint density at radius 2 is 2.04 bits per heavy atom. The van der Waals surface area contributed by atoms with E-state index in [2.05, 4.69) is 25.3 Å². The summed E-state index contributed by atoms with van der Waals surface area (Å²) in [6.45, 7) is 0. The highest BCUT2D eigenvalue weighted by molar-refractivity contribution is 7.14. The third-order valence-corrected chi connectivity index (χ3v) is 4.46. The number of H-pyrrole nitrogens is 2. The van der Waals surface area contributed by atoms with E-state index in [0.717, 1.165) is 0 Å². The normalized spacial score (nSPS) is 10.9. The quantitative estimate of drug-likeness (QED) is 0.500. The number of thiazole rings is 1. The van der Waals surface area contributed by atoms with Crippen LogP contribution in [0.5, 0.6) is 0 Å². The fraction of sp³-hybridized carbons (Fsp3) is 0. The standard InChI is InChI=1S/C17H10FN5O3S/c18-10-3-1-2-8(4-10)12-7-27-17(20-12)23-14(24)9-5-11-13(19-6-9)21-16(26)22-15(11)25/h1-7H,(H,20,23,24)(H2,19,21,22,25,26). The lowest BCUT2D eigenvalue weighted by Gasteiger charge is -2.02. The van der Waals surface area contributed by atoms with Crippen molar-refractivity contribution < 1.29 is 9.18 Å². The van der Waals surface area contributed by atoms with Crippen molar-refractivity contribution in [1.82, 2.24) is 19.9 Å². The van der Waals surface area contributed by atoms with Crippen LogP contribution >= 0.6 is 11.3 Å². The van der Waals surface area contributed by atoms with Crippen LogP contribution in [-0.4, -0.2) is 25.8 Å². The molecule has 0 aliphatic carbocycles. The van der Waals surface area contributed by atoms with E-state index in [1.807, 2.05) is 0 Å². The first-order valence-electron chi connectivity index (χ1n) is 7.65. The number of aromatic nitrogens is 4. The molecule has 0 bridgehead atoms. The SMILES string of the molecule is O=C(Nc1nc(-c2cccc(F)c2)cs1)c1cnc2[nH]c(=O)[nH]c(=O)c2c1. The van der Waals surface area contributed by atoms with E-state index >= 15 is 0 Å². The Balaban J connectivity index is 1.60. The largest absolute Gasteiger partial charge is 0.327 e. The van der Waals surface area contributed by atoms with E-state index in [1.165, 1.54) is 35.7 Å². The highest BCUT2D eigenvalue weighted by atomic mass is 32.1. The summed E-state index contributed by atoms with van der Waals surface area (Å²) in [7, 11) is 0. The first kappa shape index (κ1) is 16.8. The van der Waals surface area contributed by atoms with Crippen LogP contribution in [0.2, 0.25) is 0 Å². The molecule has 3 heterocycles. The van der Waals surface area contributed by atoms with E-state index in [0.29, 0.717) is 16.4 Å². The summed E-state index contributed by atoms with van der Waals surface area (Å²) in [5, 5.41) is 4.70. The molecule has 0 spiro atoms. The maximum Gasteiger partial charge on any atom is 0.327 e. The molecule has 10 heteroatoms. The van der Waals surface area contributed by atoms with Crippen LogP contribution in [0.15, 0.2) is 51.5 Å². The molecule has 0 aliphatic heterocycles. The second-order valence-electron chi connectivity index (χ2n) is 5.53. The van der Waals surface area contributed by atoms with E-state index in [1.54, 1.807) is 17.5 Å². The summed E-state index contributed by atoms with van der Waals surface area (Å²) in [5.41, 5.74) is 0.0176. The molecule has 8 nitrogen and oxygen atoms in total. The third kappa shape index (κ3) is 3.37. The monoisotopic (exact) mass is 383 g/mol. The van der Waals surface area contributed by atoms with Gasteiger partial charge in [0.15, 0.2) is 5.13 Å². The fourth-order valence-corrected chi connectivity index (χ4v) is 3.17. The van der Waals surface area contributed by atoms with Gasteiger partial charge in [-0.3, -0.25) is 24.9 Å². The molecule has 134 valence electrons. The molecule has 0 atom stereocenters. The zero-order valence-electron chi connectivity index (χ0n) is 13.4. The van der Waals surface area contributed by atoms with Gasteiger partial charge < -0.3 is 0 Å². The van der Waals surface area contributed by atoms with Crippen molar-refractivity contribution in [2.75, 3.05) is 5.32 Å². The number of fused-ring (bicyclic) bond motifs is 1. The Labute approximate surface area is 153 Å². The van der Waals surface area contributed by atoms with E-state index in [-0.39, 0.29) is 22.4 Å². The van der Waals surface area contributed by atoms with Crippen molar-refractivity contribution in [3.8, 4) is 11.3 Å². The number of anilines is 1. The predicted molar refractivity (Wildman–Crippen MR) is 98.4 cm³/mol. The summed E-state index contributed by atoms with van der Waals surface area (Å²) in [5.74, 6) is -0.897. The van der Waals surface area contributed by atoms with Gasteiger partial charge in [0, 0.05) is 17.1 Å². The van der Waals surface area contributed by atoms with Crippen LogP contribution in [0.1, 0.15) is 10.4 Å². The van der Waals surface area contributed by atoms with Gasteiger partial charge in [-0.1, -0.05) is 12.1 Å². The first-order chi connectivity index (χ1) is 13.0. The number of pyridine rings is 1. The van der Waals surface area contributed by atoms with Crippen molar-refractivity contribution in [2.45, 2.75) is 0 Å². The van der Waals surface area contributed by atoms with Crippen LogP contribution in [0, 0.1) is 5.82 Å². The summed E-state index contributed by atoms with van der Waals surface area (Å²) in [6, 6.07) is 7.30. The molecule has 0 unspecified atom stereocenters. The van der Waals surface area contributed by atoms with Crippen LogP contribution in [-0.2, 0) is 0 Å². The maximum absolute atomic E-state index is 13.3. The van der Waals surface area contributed by atoms with Crippen molar-refractivity contribution in [2.24, 2.45) is 0 Å². The molecule has 1 aromatic carbocycles. The van der Waals surface area contributed by atoms with E-state index in [9.17, 15) is 18.8 Å². The molecular weight excluding hydrogens is 373 g/mol. The van der Waals surface area contributed by atoms with Crippen LogP contribution in [0.3, 0.4) is 0 Å². The van der Waals surface area contributed by atoms with E-state index < -0.39 is 17.2 Å². The number of benzene rings is 1. The molecule has 0 aliphatic rings. The number of aromatic amines is 2. The fourth-order valence-electron chi connectivity index (χ4n) is 2.45. The Morgan fingerprint density at radius 3 is 2.85 bits per heavy atom. The molecular formula is C17H10FN5O3S. The highest BCUT2D eigenvalue weighted by Crippen LogP contribution is 2.25. The molecule has 0 saturated heterocycles. The van der Waals surface area contributed by atoms with Gasteiger partial charge in [0.1, 0.15) is 11.5 Å². The van der Waals surface area contributed by atoms with Crippen molar-refractivity contribution >= 4 is 33.4 Å². The summed E-state index contributed by atoms with van der Waals surface area (Å²) in [4.78, 5) is 48.1. The number of hydrogen-bond donors (Lipinski definition) is 3. The number of hydrogen-bond acceptors (Lipinski definition) is 6. The molecule has 0 radical (unpaired) electrons. The van der Waals surface area contributed by atoms with E-state index in [4.69, 9.17) is 0 Å². The zero-order valence-corrected chi connectivity index (χ0v) is 14.3. The molecule has 4 rings (SSSR count). The van der Waals surface area contributed by atoms with Crippen LogP contribution in [0.25, 0.3) is 22.3 Å². The topological polar surface area (TPSA) is 121 Å². The van der Waals surface area contributed by atoms with Gasteiger partial charge >= 0.3 is 5.69 Å². The van der Waals surface area contributed by atoms with Gasteiger partial charge in [0.05, 0.1) is 16.6 Å². The zero-order chi connectivity index (χ0) is 19.0. The van der Waals surface area contributed by atoms with Crippen LogP contribution < -0.4 is 16.6 Å². The minimum Gasteiger partial charge on any atom is -0.298 e. The molecule has 1 amide bonds. The highest BCUT2D eigenvalue weighted by Gasteiger charge is 2.13. The van der Waals surface area contributed by atoms with Gasteiger partial charge in [0.2, 0.25) is 0 Å². The van der Waals surface area contributed by atoms with Crippen molar-refractivity contribution in [3.63, 3.8) is 0 Å². The number of nitrogens with zero attached hydrogens (tertiary/aromatic N) is 2. The second kappa shape index (κ2) is 6.57. The molecule has 27 heavy (non-hydrogen) atoms. The predicted octanol–water partition coefficient (Wildman–Crippen LogP) is 2.13. The number of halogens is 1. The summed E-state index contributed by atoms with van der Waals surface area (Å²) >= 11 is 1.18. The van der Waals surface area contributed by atoms with Gasteiger partial charge in [-0.05, 0) is 18.2 Å². The third-order valence-electron chi connectivity index (χ3n) is 3.70. The lowest BCUT2D eigenvalue weighted by atomic mass is 10.2. The minimum atomic E-state index is -0.676. The lowest BCUT2D eigenvalue weighted by Crippen LogP contribution is -2.23. The van der Waals surface area contributed by atoms with Crippen molar-refractivity contribution in [3.05, 3.63) is 74.1 Å². The molecule has 3 N–H and O–H groups in total. The number of nitrogens with one attached hydrogen (secondary N) is 3. The van der Waals surface area contributed by atoms with Gasteiger partial charge in [-0.15, -0.1) is 11.3 Å². The maximum atomic E-state index is 13.3. The average Bonchev–Trinajstić information content (AvgIpc) is 3.10. The average molecular weight is 383 g/mol. The van der Waals surface area contributed by atoms with Gasteiger partial charge in [-0.2, -0.15) is 0 Å². The molecule has 4 aromatic rings. The van der Waals surface area contributed by atoms with Crippen molar-refractivity contribution in [1.29, 1.82) is 0 Å². The Bertz CT molecular complexity index is 1290. The minimum absolute atomic E-state index is 0.0850. The first-order valence-corrected chi connectivity index (χ1v) is 8.53. The summed E-state index contributed by atoms with van der Waals surface area (Å²) < 4.78 is 13.3. The summed E-state index contributed by atoms with van der Waals surface area (Å²) in [6.07, 6.45) is 1.24.